The number of benzene rings is 2. The van der Waals surface area contributed by atoms with Crippen LogP contribution < -0.4 is 9.84 Å². The summed E-state index contributed by atoms with van der Waals surface area (Å²) in [5, 5.41) is 2.56. The molecule has 0 radical (unpaired) electrons. The van der Waals surface area contributed by atoms with E-state index in [1.165, 1.54) is 6.20 Å². The number of anilines is 1. The molecule has 0 aliphatic rings. The number of ether oxygens (including phenoxy) is 3. The maximum atomic E-state index is 14.0. The van der Waals surface area contributed by atoms with Gasteiger partial charge in [0.05, 0.1) is 35.7 Å². The molecule has 16 heteroatoms. The minimum absolute atomic E-state index is 0.125. The van der Waals surface area contributed by atoms with E-state index in [9.17, 15) is 32.3 Å². The molecule has 0 aliphatic heterocycles. The van der Waals surface area contributed by atoms with Crippen molar-refractivity contribution in [1.29, 1.82) is 0 Å². The molecule has 3 aromatic rings. The smallest absolute Gasteiger partial charge is 0.404 e. The average molecular weight is 727 g/mol. The van der Waals surface area contributed by atoms with E-state index in [-0.39, 0.29) is 18.9 Å². The van der Waals surface area contributed by atoms with Gasteiger partial charge in [-0.3, -0.25) is 20.1 Å². The van der Waals surface area contributed by atoms with Crippen LogP contribution in [0.15, 0.2) is 66.9 Å². The highest BCUT2D eigenvalue weighted by Crippen LogP contribution is 2.46. The van der Waals surface area contributed by atoms with Crippen molar-refractivity contribution in [1.82, 2.24) is 4.98 Å². The van der Waals surface area contributed by atoms with Gasteiger partial charge < -0.3 is 18.7 Å². The second kappa shape index (κ2) is 15.9. The van der Waals surface area contributed by atoms with Gasteiger partial charge in [-0.1, -0.05) is 75.7 Å². The van der Waals surface area contributed by atoms with Gasteiger partial charge in [0.1, 0.15) is 5.75 Å². The Labute approximate surface area is 280 Å². The number of nitrogens with one attached hydrogen (secondary N) is 1. The van der Waals surface area contributed by atoms with Gasteiger partial charge in [-0.05, 0) is 54.1 Å². The van der Waals surface area contributed by atoms with Crippen LogP contribution in [0, 0.1) is 0 Å². The van der Waals surface area contributed by atoms with Crippen LogP contribution in [0.1, 0.15) is 22.4 Å². The van der Waals surface area contributed by atoms with Gasteiger partial charge in [0.25, 0.3) is 0 Å². The lowest BCUT2D eigenvalue weighted by Crippen LogP contribution is -2.42. The van der Waals surface area contributed by atoms with Crippen LogP contribution >= 0.6 is 7.82 Å². The van der Waals surface area contributed by atoms with Crippen LogP contribution in [0.3, 0.4) is 0 Å². The normalized spacial score (nSPS) is 13.1. The number of rotatable bonds is 15. The van der Waals surface area contributed by atoms with Crippen molar-refractivity contribution in [3.63, 3.8) is 0 Å². The highest BCUT2D eigenvalue weighted by molar-refractivity contribution is 7.46. The van der Waals surface area contributed by atoms with Gasteiger partial charge >= 0.3 is 26.1 Å². The summed E-state index contributed by atoms with van der Waals surface area (Å²) < 4.78 is 76.8. The molecule has 0 bridgehead atoms. The minimum atomic E-state index is -5.32. The number of aromatic nitrogens is 1. The molecule has 0 saturated heterocycles. The van der Waals surface area contributed by atoms with E-state index in [0.717, 1.165) is 11.6 Å². The highest BCUT2D eigenvalue weighted by Gasteiger charge is 2.46. The molecule has 0 unspecified atom stereocenters. The van der Waals surface area contributed by atoms with Gasteiger partial charge in [0.2, 0.25) is 0 Å². The monoisotopic (exact) mass is 726 g/mol. The van der Waals surface area contributed by atoms with E-state index < -0.39 is 59.1 Å². The molecule has 262 valence electrons. The van der Waals surface area contributed by atoms with Crippen LogP contribution in [0.4, 0.5) is 23.7 Å². The predicted molar refractivity (Wildman–Crippen MR) is 184 cm³/mol. The summed E-state index contributed by atoms with van der Waals surface area (Å²) >= 11 is 0. The lowest BCUT2D eigenvalue weighted by atomic mass is 10.1. The Morgan fingerprint density at radius 2 is 1.50 bits per heavy atom. The zero-order chi connectivity index (χ0) is 35.8. The quantitative estimate of drug-likeness (QED) is 0.0797. The van der Waals surface area contributed by atoms with Crippen molar-refractivity contribution in [2.75, 3.05) is 18.5 Å². The number of nitrogens with zero attached hydrogens (tertiary/aromatic N) is 1. The summed E-state index contributed by atoms with van der Waals surface area (Å²) in [6.07, 6.45) is -1.14. The van der Waals surface area contributed by atoms with E-state index in [4.69, 9.17) is 18.7 Å². The summed E-state index contributed by atoms with van der Waals surface area (Å²) in [5.41, 5.74) is -0.495. The van der Waals surface area contributed by atoms with Crippen LogP contribution in [-0.4, -0.2) is 50.2 Å². The van der Waals surface area contributed by atoms with Crippen LogP contribution in [-0.2, 0) is 30.9 Å². The molecule has 2 aromatic carbocycles. The van der Waals surface area contributed by atoms with Gasteiger partial charge in [-0.15, -0.1) is 0 Å². The number of phosphoric acid groups is 1. The average Bonchev–Trinajstić information content (AvgIpc) is 2.94. The van der Waals surface area contributed by atoms with Crippen molar-refractivity contribution in [3.8, 4) is 5.75 Å². The standard InChI is InChI=1S/C32H42F3N2O8PSi2/c1-47(2,3)21-19-42-32(43-20-22-48(4,5)6,26-23-25(31(33,34)35)15-17-29(26)45-46(39,40)41)44-30(38)37-28-13-10-18-36-27(28)16-14-24-11-8-7-9-12-24/h7-18,23H,19-22H2,1-6H3,(H,37,38)(H2,39,40,41). The van der Waals surface area contributed by atoms with E-state index in [1.807, 2.05) is 69.6 Å². The Hall–Kier alpha value is -3.31. The third kappa shape index (κ3) is 13.0. The fourth-order valence-electron chi connectivity index (χ4n) is 4.10. The number of hydrogen-bond donors (Lipinski definition) is 3. The Bertz CT molecular complexity index is 1590. The number of halogens is 3. The number of amides is 1. The summed E-state index contributed by atoms with van der Waals surface area (Å²) in [7, 11) is -9.00. The summed E-state index contributed by atoms with van der Waals surface area (Å²) in [6, 6.07) is 15.2. The van der Waals surface area contributed by atoms with Crippen molar-refractivity contribution in [2.45, 2.75) is 63.5 Å². The largest absolute Gasteiger partial charge is 0.524 e. The molecular weight excluding hydrogens is 684 g/mol. The van der Waals surface area contributed by atoms with E-state index in [1.54, 1.807) is 24.3 Å². The van der Waals surface area contributed by atoms with E-state index in [2.05, 4.69) is 10.3 Å². The summed E-state index contributed by atoms with van der Waals surface area (Å²) in [6.45, 7) is 12.0. The Balaban J connectivity index is 2.15. The molecule has 0 saturated carbocycles. The van der Waals surface area contributed by atoms with Crippen LogP contribution in [0.25, 0.3) is 12.2 Å². The first-order valence-corrected chi connectivity index (χ1v) is 24.0. The molecule has 1 aromatic heterocycles. The Morgan fingerprint density at radius 1 is 0.896 bits per heavy atom. The van der Waals surface area contributed by atoms with Crippen molar-refractivity contribution in [2.24, 2.45) is 0 Å². The molecule has 3 rings (SSSR count). The number of phosphoric ester groups is 1. The van der Waals surface area contributed by atoms with Crippen molar-refractivity contribution in [3.05, 3.63) is 89.2 Å². The molecule has 0 aliphatic carbocycles. The van der Waals surface area contributed by atoms with Gasteiger partial charge in [-0.25, -0.2) is 9.36 Å². The first kappa shape index (κ1) is 39.1. The first-order valence-electron chi connectivity index (χ1n) is 15.1. The van der Waals surface area contributed by atoms with Crippen LogP contribution in [0.5, 0.6) is 5.75 Å². The van der Waals surface area contributed by atoms with E-state index >= 15 is 0 Å². The molecule has 48 heavy (non-hydrogen) atoms. The number of alkyl halides is 3. The fourth-order valence-corrected chi connectivity index (χ4v) is 5.94. The third-order valence-electron chi connectivity index (χ3n) is 6.68. The van der Waals surface area contributed by atoms with E-state index in [0.29, 0.717) is 29.9 Å². The molecule has 0 spiro atoms. The molecule has 3 N–H and O–H groups in total. The van der Waals surface area contributed by atoms with Crippen molar-refractivity contribution >= 4 is 47.9 Å². The third-order valence-corrected chi connectivity index (χ3v) is 10.5. The fraction of sp³-hybridized carbons (Fsp3) is 0.375. The highest BCUT2D eigenvalue weighted by atomic mass is 31.2. The lowest BCUT2D eigenvalue weighted by molar-refractivity contribution is -0.364. The number of hydrogen-bond acceptors (Lipinski definition) is 7. The van der Waals surface area contributed by atoms with Gasteiger partial charge in [0, 0.05) is 22.3 Å². The van der Waals surface area contributed by atoms with Gasteiger partial charge in [-0.2, -0.15) is 13.2 Å². The van der Waals surface area contributed by atoms with Gasteiger partial charge in [0.15, 0.2) is 0 Å². The molecule has 1 amide bonds. The topological polar surface area (TPSA) is 136 Å². The predicted octanol–water partition coefficient (Wildman–Crippen LogP) is 8.81. The first-order chi connectivity index (χ1) is 22.2. The summed E-state index contributed by atoms with van der Waals surface area (Å²) in [5.74, 6) is -3.43. The molecule has 10 nitrogen and oxygen atoms in total. The number of pyridine rings is 1. The zero-order valence-electron chi connectivity index (χ0n) is 27.7. The zero-order valence-corrected chi connectivity index (χ0v) is 30.6. The maximum absolute atomic E-state index is 14.0. The molecule has 0 fully saturated rings. The second-order valence-electron chi connectivity index (χ2n) is 13.4. The second-order valence-corrected chi connectivity index (χ2v) is 25.8. The van der Waals surface area contributed by atoms with Crippen molar-refractivity contribution < 1.29 is 51.1 Å². The van der Waals surface area contributed by atoms with Crippen LogP contribution in [0.2, 0.25) is 51.4 Å². The number of carbonyl (C=O) groups is 1. The Morgan fingerprint density at radius 3 is 2.04 bits per heavy atom. The number of carbonyl (C=O) groups excluding carboxylic acids is 1. The minimum Gasteiger partial charge on any atom is -0.404 e. The SMILES string of the molecule is C[Si](C)(C)CCOC(OCC[Si](C)(C)C)(OC(=O)Nc1cccnc1C=Cc1ccccc1)c1cc(C(F)(F)F)ccc1OP(=O)(O)O. The summed E-state index contributed by atoms with van der Waals surface area (Å²) in [4.78, 5) is 37.3. The lowest BCUT2D eigenvalue weighted by Gasteiger charge is -2.35. The molecular formula is C32H42F3N2O8PSi2. The molecule has 0 atom stereocenters. The maximum Gasteiger partial charge on any atom is 0.524 e. The Kier molecular flexibility index (Phi) is 13.0. The molecule has 1 heterocycles.